The third-order valence-corrected chi connectivity index (χ3v) is 5.17. The third-order valence-electron chi connectivity index (χ3n) is 5.17. The predicted molar refractivity (Wildman–Crippen MR) is 105 cm³/mol. The predicted octanol–water partition coefficient (Wildman–Crippen LogP) is 0.548. The number of carbonyl (C=O) groups excluding carboxylic acids is 1. The van der Waals surface area contributed by atoms with Crippen molar-refractivity contribution in [3.05, 3.63) is 34.5 Å². The number of rotatable bonds is 4. The summed E-state index contributed by atoms with van der Waals surface area (Å²) in [6, 6.07) is 3.56. The lowest BCUT2D eigenvalue weighted by atomic mass is 10.2. The van der Waals surface area contributed by atoms with Gasteiger partial charge in [-0.3, -0.25) is 23.5 Å². The van der Waals surface area contributed by atoms with Gasteiger partial charge in [-0.2, -0.15) is 0 Å². The lowest BCUT2D eigenvalue weighted by Gasteiger charge is -2.35. The molecule has 148 valence electrons. The first kappa shape index (κ1) is 18.5. The van der Waals surface area contributed by atoms with Crippen LogP contribution >= 0.6 is 0 Å². The van der Waals surface area contributed by atoms with Gasteiger partial charge in [-0.05, 0) is 25.0 Å². The van der Waals surface area contributed by atoms with E-state index in [2.05, 4.69) is 33.9 Å². The van der Waals surface area contributed by atoms with Crippen LogP contribution in [0, 0.1) is 12.8 Å². The molecule has 3 aromatic rings. The Labute approximate surface area is 162 Å². The van der Waals surface area contributed by atoms with Gasteiger partial charge in [-0.15, -0.1) is 10.2 Å². The van der Waals surface area contributed by atoms with E-state index >= 15 is 0 Å². The van der Waals surface area contributed by atoms with Crippen LogP contribution in [0.3, 0.4) is 0 Å². The zero-order valence-electron chi connectivity index (χ0n) is 16.5. The molecule has 1 amide bonds. The summed E-state index contributed by atoms with van der Waals surface area (Å²) in [4.78, 5) is 34.5. The number of pyridine rings is 1. The van der Waals surface area contributed by atoms with Crippen molar-refractivity contribution < 1.29 is 4.79 Å². The zero-order chi connectivity index (χ0) is 19.8. The van der Waals surface area contributed by atoms with Gasteiger partial charge in [0.25, 0.3) is 5.56 Å². The summed E-state index contributed by atoms with van der Waals surface area (Å²) in [7, 11) is 0. The number of nitrogens with zero attached hydrogens (tertiary/aromatic N) is 7. The molecule has 1 aliphatic heterocycles. The number of aromatic nitrogens is 5. The average Bonchev–Trinajstić information content (AvgIpc) is 3.07. The molecule has 1 saturated heterocycles. The fourth-order valence-electron chi connectivity index (χ4n) is 3.84. The molecule has 28 heavy (non-hydrogen) atoms. The van der Waals surface area contributed by atoms with Gasteiger partial charge in [-0.25, -0.2) is 4.98 Å². The Morgan fingerprint density at radius 2 is 1.89 bits per heavy atom. The maximum absolute atomic E-state index is 13.0. The van der Waals surface area contributed by atoms with Gasteiger partial charge in [0.1, 0.15) is 12.4 Å². The molecule has 4 heterocycles. The summed E-state index contributed by atoms with van der Waals surface area (Å²) in [5, 5.41) is 8.00. The number of hydrogen-bond acceptors (Lipinski definition) is 6. The van der Waals surface area contributed by atoms with Gasteiger partial charge >= 0.3 is 0 Å². The first-order chi connectivity index (χ1) is 13.5. The number of piperazine rings is 1. The fraction of sp³-hybridized carbons (Fsp3) is 0.526. The van der Waals surface area contributed by atoms with Gasteiger partial charge < -0.3 is 4.90 Å². The molecule has 1 aliphatic rings. The van der Waals surface area contributed by atoms with E-state index in [4.69, 9.17) is 0 Å². The number of carbonyl (C=O) groups is 1. The van der Waals surface area contributed by atoms with Crippen molar-refractivity contribution in [1.29, 1.82) is 0 Å². The molecule has 0 bridgehead atoms. The molecule has 0 N–H and O–H groups in total. The van der Waals surface area contributed by atoms with Crippen LogP contribution in [0.2, 0.25) is 0 Å². The Morgan fingerprint density at radius 3 is 2.61 bits per heavy atom. The van der Waals surface area contributed by atoms with Crippen LogP contribution in [0.1, 0.15) is 19.7 Å². The first-order valence-electron chi connectivity index (χ1n) is 9.65. The number of hydrogen-bond donors (Lipinski definition) is 0. The van der Waals surface area contributed by atoms with Gasteiger partial charge in [0.15, 0.2) is 5.65 Å². The highest BCUT2D eigenvalue weighted by Crippen LogP contribution is 2.13. The molecule has 4 rings (SSSR count). The molecule has 0 spiro atoms. The molecule has 1 fully saturated rings. The molecule has 9 nitrogen and oxygen atoms in total. The monoisotopic (exact) mass is 383 g/mol. The second-order valence-electron chi connectivity index (χ2n) is 7.72. The Morgan fingerprint density at radius 1 is 1.14 bits per heavy atom. The van der Waals surface area contributed by atoms with Crippen molar-refractivity contribution in [3.8, 4) is 0 Å². The van der Waals surface area contributed by atoms with E-state index in [0.29, 0.717) is 36.0 Å². The van der Waals surface area contributed by atoms with E-state index in [0.717, 1.165) is 19.6 Å². The van der Waals surface area contributed by atoms with Crippen LogP contribution in [0.4, 0.5) is 0 Å². The largest absolute Gasteiger partial charge is 0.339 e. The van der Waals surface area contributed by atoms with Gasteiger partial charge in [0, 0.05) is 38.9 Å². The molecule has 0 atom stereocenters. The Hall–Kier alpha value is -2.81. The van der Waals surface area contributed by atoms with Crippen molar-refractivity contribution in [1.82, 2.24) is 33.9 Å². The third kappa shape index (κ3) is 3.26. The van der Waals surface area contributed by atoms with Crippen LogP contribution < -0.4 is 5.56 Å². The van der Waals surface area contributed by atoms with Crippen molar-refractivity contribution >= 4 is 22.7 Å². The standard InChI is InChI=1S/C19H25N7O2/c1-13(2)11-23-7-9-24(10-8-23)16(27)12-25-15-5-4-6-20-17(15)26-14(3)21-22-18(26)19(25)28/h4-6,13H,7-12H2,1-3H3. The smallest absolute Gasteiger partial charge is 0.297 e. The number of amides is 1. The molecular formula is C19H25N7O2. The summed E-state index contributed by atoms with van der Waals surface area (Å²) in [6.07, 6.45) is 1.66. The highest BCUT2D eigenvalue weighted by molar-refractivity contribution is 5.80. The van der Waals surface area contributed by atoms with Crippen molar-refractivity contribution in [2.75, 3.05) is 32.7 Å². The maximum Gasteiger partial charge on any atom is 0.297 e. The van der Waals surface area contributed by atoms with Crippen LogP contribution in [-0.4, -0.2) is 72.6 Å². The van der Waals surface area contributed by atoms with Crippen LogP contribution in [0.5, 0.6) is 0 Å². The molecule has 3 aromatic heterocycles. The second-order valence-corrected chi connectivity index (χ2v) is 7.72. The molecule has 9 heteroatoms. The Kier molecular flexibility index (Phi) is 4.84. The van der Waals surface area contributed by atoms with Crippen molar-refractivity contribution in [3.63, 3.8) is 0 Å². The highest BCUT2D eigenvalue weighted by Gasteiger charge is 2.23. The summed E-state index contributed by atoms with van der Waals surface area (Å²) < 4.78 is 3.11. The Balaban J connectivity index is 1.62. The zero-order valence-corrected chi connectivity index (χ0v) is 16.5. The molecular weight excluding hydrogens is 358 g/mol. The number of fused-ring (bicyclic) bond motifs is 3. The normalized spacial score (nSPS) is 15.8. The van der Waals surface area contributed by atoms with E-state index < -0.39 is 0 Å². The van der Waals surface area contributed by atoms with E-state index in [1.807, 2.05) is 4.90 Å². The number of aryl methyl sites for hydroxylation is 1. The lowest BCUT2D eigenvalue weighted by Crippen LogP contribution is -2.50. The van der Waals surface area contributed by atoms with Gasteiger partial charge in [0.05, 0.1) is 5.52 Å². The first-order valence-corrected chi connectivity index (χ1v) is 9.65. The van der Waals surface area contributed by atoms with Crippen LogP contribution in [0.25, 0.3) is 16.8 Å². The molecule has 0 saturated carbocycles. The maximum atomic E-state index is 13.0. The van der Waals surface area contributed by atoms with E-state index in [1.165, 1.54) is 4.57 Å². The van der Waals surface area contributed by atoms with Crippen molar-refractivity contribution in [2.24, 2.45) is 5.92 Å². The van der Waals surface area contributed by atoms with Crippen LogP contribution in [0.15, 0.2) is 23.1 Å². The molecule has 0 aliphatic carbocycles. The minimum absolute atomic E-state index is 0.0202. The van der Waals surface area contributed by atoms with Gasteiger partial charge in [0.2, 0.25) is 11.6 Å². The Bertz CT molecular complexity index is 1080. The SMILES string of the molecule is Cc1nnc2c(=O)n(CC(=O)N3CCN(CC(C)C)CC3)c3cccnc3n12. The summed E-state index contributed by atoms with van der Waals surface area (Å²) in [6.45, 7) is 10.3. The minimum Gasteiger partial charge on any atom is -0.339 e. The summed E-state index contributed by atoms with van der Waals surface area (Å²) >= 11 is 0. The van der Waals surface area contributed by atoms with E-state index in [9.17, 15) is 9.59 Å². The average molecular weight is 383 g/mol. The summed E-state index contributed by atoms with van der Waals surface area (Å²) in [5.74, 6) is 1.14. The molecule has 0 aromatic carbocycles. The molecule has 0 radical (unpaired) electrons. The second kappa shape index (κ2) is 7.31. The van der Waals surface area contributed by atoms with Crippen LogP contribution in [-0.2, 0) is 11.3 Å². The van der Waals surface area contributed by atoms with E-state index in [-0.39, 0.29) is 23.7 Å². The minimum atomic E-state index is -0.326. The lowest BCUT2D eigenvalue weighted by molar-refractivity contribution is -0.133. The highest BCUT2D eigenvalue weighted by atomic mass is 16.2. The van der Waals surface area contributed by atoms with E-state index in [1.54, 1.807) is 29.7 Å². The topological polar surface area (TPSA) is 88.6 Å². The van der Waals surface area contributed by atoms with Gasteiger partial charge in [-0.1, -0.05) is 13.8 Å². The van der Waals surface area contributed by atoms with Crippen molar-refractivity contribution in [2.45, 2.75) is 27.3 Å². The summed E-state index contributed by atoms with van der Waals surface area (Å²) in [5.41, 5.74) is 1.05. The quantitative estimate of drug-likeness (QED) is 0.654. The fourth-order valence-corrected chi connectivity index (χ4v) is 3.84. The molecule has 0 unspecified atom stereocenters.